The van der Waals surface area contributed by atoms with E-state index in [4.69, 9.17) is 0 Å². The molecule has 0 aromatic carbocycles. The molecule has 0 bridgehead atoms. The average molecular weight is 429 g/mol. The molecule has 1 aromatic heterocycles. The number of aliphatic imine (C=N–C) groups is 1. The molecular weight excluding hydrogens is 408 g/mol. The molecule has 1 fully saturated rings. The van der Waals surface area contributed by atoms with E-state index in [0.29, 0.717) is 40.5 Å². The van der Waals surface area contributed by atoms with Gasteiger partial charge in [-0.15, -0.1) is 0 Å². The summed E-state index contributed by atoms with van der Waals surface area (Å²) in [5.74, 6) is 0.826. The third-order valence-electron chi connectivity index (χ3n) is 4.42. The number of hydrogen-bond donors (Lipinski definition) is 2. The van der Waals surface area contributed by atoms with Crippen molar-refractivity contribution in [2.45, 2.75) is 26.2 Å². The first kappa shape index (κ1) is 19.1. The summed E-state index contributed by atoms with van der Waals surface area (Å²) in [6, 6.07) is 7.71. The maximum absolute atomic E-state index is 11.6. The van der Waals surface area contributed by atoms with Crippen LogP contribution >= 0.6 is 15.9 Å². The van der Waals surface area contributed by atoms with E-state index in [1.807, 2.05) is 30.2 Å². The van der Waals surface area contributed by atoms with Crippen molar-refractivity contribution in [3.63, 3.8) is 0 Å². The maximum atomic E-state index is 11.6. The number of carbonyl (C=O) groups is 1. The quantitative estimate of drug-likeness (QED) is 0.426. The van der Waals surface area contributed by atoms with Crippen LogP contribution in [0.5, 0.6) is 0 Å². The van der Waals surface area contributed by atoms with Crippen LogP contribution in [0.4, 0.5) is 0 Å². The highest BCUT2D eigenvalue weighted by atomic mass is 79.9. The molecule has 0 radical (unpaired) electrons. The van der Waals surface area contributed by atoms with Gasteiger partial charge in [-0.2, -0.15) is 5.26 Å². The summed E-state index contributed by atoms with van der Waals surface area (Å²) in [5, 5.41) is 16.0. The largest absolute Gasteiger partial charge is 0.343 e. The van der Waals surface area contributed by atoms with Crippen LogP contribution in [0.25, 0.3) is 5.57 Å². The first-order valence-electron chi connectivity index (χ1n) is 8.88. The van der Waals surface area contributed by atoms with Gasteiger partial charge in [0, 0.05) is 32.3 Å². The van der Waals surface area contributed by atoms with Crippen LogP contribution in [0.2, 0.25) is 0 Å². The summed E-state index contributed by atoms with van der Waals surface area (Å²) in [6.07, 6.45) is 4.24. The smallest absolute Gasteiger partial charge is 0.222 e. The fourth-order valence-corrected chi connectivity index (χ4v) is 3.37. The molecule has 0 atom stereocenters. The van der Waals surface area contributed by atoms with Crippen molar-refractivity contribution in [2.75, 3.05) is 19.6 Å². The highest BCUT2D eigenvalue weighted by Gasteiger charge is 2.20. The number of rotatable bonds is 5. The maximum Gasteiger partial charge on any atom is 0.222 e. The van der Waals surface area contributed by atoms with Crippen LogP contribution in [0.15, 0.2) is 45.3 Å². The number of allylic oxidation sites excluding steroid dienone is 2. The van der Waals surface area contributed by atoms with Crippen LogP contribution < -0.4 is 10.6 Å². The number of amides is 1. The van der Waals surface area contributed by atoms with Crippen LogP contribution in [-0.4, -0.2) is 41.4 Å². The molecule has 0 unspecified atom stereocenters. The van der Waals surface area contributed by atoms with Gasteiger partial charge in [0.05, 0.1) is 11.4 Å². The summed E-state index contributed by atoms with van der Waals surface area (Å²) in [5.41, 5.74) is 2.64. The molecule has 1 saturated heterocycles. The highest BCUT2D eigenvalue weighted by Crippen LogP contribution is 2.22. The molecule has 3 rings (SSSR count). The Kier molecular flexibility index (Phi) is 6.24. The zero-order chi connectivity index (χ0) is 19.2. The predicted molar refractivity (Wildman–Crippen MR) is 107 cm³/mol. The molecule has 2 aliphatic rings. The van der Waals surface area contributed by atoms with Gasteiger partial charge in [-0.3, -0.25) is 9.79 Å². The Morgan fingerprint density at radius 2 is 2.33 bits per heavy atom. The van der Waals surface area contributed by atoms with Crippen LogP contribution in [0.3, 0.4) is 0 Å². The van der Waals surface area contributed by atoms with Crippen molar-refractivity contribution in [3.8, 4) is 6.07 Å². The number of carbonyl (C=O) groups excluding carboxylic acids is 1. The Morgan fingerprint density at radius 1 is 1.48 bits per heavy atom. The number of pyridine rings is 1. The van der Waals surface area contributed by atoms with E-state index in [9.17, 15) is 10.1 Å². The zero-order valence-electron chi connectivity index (χ0n) is 15.1. The lowest BCUT2D eigenvalue weighted by atomic mass is 10.1. The Bertz CT molecular complexity index is 867. The van der Waals surface area contributed by atoms with E-state index < -0.39 is 0 Å². The van der Waals surface area contributed by atoms with Gasteiger partial charge >= 0.3 is 0 Å². The highest BCUT2D eigenvalue weighted by molar-refractivity contribution is 9.10. The van der Waals surface area contributed by atoms with Gasteiger partial charge in [0.1, 0.15) is 16.2 Å². The Balaban J connectivity index is 1.70. The zero-order valence-corrected chi connectivity index (χ0v) is 16.7. The Morgan fingerprint density at radius 3 is 3.04 bits per heavy atom. The second kappa shape index (κ2) is 8.82. The van der Waals surface area contributed by atoms with Crippen molar-refractivity contribution in [1.29, 1.82) is 5.26 Å². The molecule has 3 heterocycles. The lowest BCUT2D eigenvalue weighted by Crippen LogP contribution is -2.39. The van der Waals surface area contributed by atoms with Gasteiger partial charge in [0.15, 0.2) is 5.96 Å². The fraction of sp³-hybridized carbons (Fsp3) is 0.368. The summed E-state index contributed by atoms with van der Waals surface area (Å²) in [7, 11) is 0. The number of likely N-dealkylation sites (tertiary alicyclic amines) is 1. The molecule has 140 valence electrons. The van der Waals surface area contributed by atoms with Crippen molar-refractivity contribution < 1.29 is 4.79 Å². The Labute approximate surface area is 167 Å². The van der Waals surface area contributed by atoms with Gasteiger partial charge in [-0.25, -0.2) is 4.98 Å². The number of nitrogens with zero attached hydrogens (tertiary/aromatic N) is 4. The lowest BCUT2D eigenvalue weighted by molar-refractivity contribution is -0.127. The number of aromatic nitrogens is 1. The molecule has 1 amide bonds. The van der Waals surface area contributed by atoms with Crippen LogP contribution in [-0.2, 0) is 4.79 Å². The molecule has 7 nitrogen and oxygen atoms in total. The topological polar surface area (TPSA) is 93.4 Å². The third kappa shape index (κ3) is 4.74. The molecular formula is C19H21BrN6O. The minimum absolute atomic E-state index is 0.237. The molecule has 0 spiro atoms. The molecule has 2 aliphatic heterocycles. The van der Waals surface area contributed by atoms with E-state index in [2.05, 4.69) is 42.6 Å². The number of nitrogens with one attached hydrogen (secondary N) is 2. The van der Waals surface area contributed by atoms with Gasteiger partial charge < -0.3 is 15.5 Å². The number of nitriles is 1. The number of hydrogen-bond acceptors (Lipinski definition) is 4. The average Bonchev–Trinajstić information content (AvgIpc) is 3.07. The second-order valence-corrected chi connectivity index (χ2v) is 7.18. The van der Waals surface area contributed by atoms with Crippen molar-refractivity contribution >= 4 is 33.4 Å². The molecule has 0 saturated carbocycles. The molecule has 8 heteroatoms. The van der Waals surface area contributed by atoms with E-state index in [0.717, 1.165) is 31.5 Å². The van der Waals surface area contributed by atoms with Gasteiger partial charge in [0.2, 0.25) is 5.91 Å². The van der Waals surface area contributed by atoms with Crippen LogP contribution in [0.1, 0.15) is 31.9 Å². The summed E-state index contributed by atoms with van der Waals surface area (Å²) in [6.45, 7) is 4.10. The minimum atomic E-state index is 0.237. The molecule has 2 N–H and O–H groups in total. The summed E-state index contributed by atoms with van der Waals surface area (Å²) in [4.78, 5) is 22.4. The fourth-order valence-electron chi connectivity index (χ4n) is 3.03. The normalized spacial score (nSPS) is 20.0. The lowest BCUT2D eigenvalue weighted by Gasteiger charge is -2.21. The monoisotopic (exact) mass is 428 g/mol. The van der Waals surface area contributed by atoms with Gasteiger partial charge in [0.25, 0.3) is 0 Å². The van der Waals surface area contributed by atoms with E-state index in [1.165, 1.54) is 0 Å². The first-order chi connectivity index (χ1) is 13.1. The van der Waals surface area contributed by atoms with Crippen molar-refractivity contribution in [2.24, 2.45) is 4.99 Å². The van der Waals surface area contributed by atoms with Crippen molar-refractivity contribution in [1.82, 2.24) is 20.5 Å². The second-order valence-electron chi connectivity index (χ2n) is 6.37. The van der Waals surface area contributed by atoms with Gasteiger partial charge in [-0.1, -0.05) is 6.07 Å². The van der Waals surface area contributed by atoms with E-state index >= 15 is 0 Å². The van der Waals surface area contributed by atoms with Crippen molar-refractivity contribution in [3.05, 3.63) is 46.0 Å². The Hall–Kier alpha value is -2.66. The summed E-state index contributed by atoms with van der Waals surface area (Å²) >= 11 is 3.34. The van der Waals surface area contributed by atoms with Crippen LogP contribution in [0, 0.1) is 11.3 Å². The molecule has 27 heavy (non-hydrogen) atoms. The summed E-state index contributed by atoms with van der Waals surface area (Å²) < 4.78 is 0.675. The number of halogens is 1. The van der Waals surface area contributed by atoms with Gasteiger partial charge in [-0.05, 0) is 53.4 Å². The predicted octanol–water partition coefficient (Wildman–Crippen LogP) is 2.54. The molecule has 1 aromatic rings. The molecule has 0 aliphatic carbocycles. The SMILES string of the molecule is CC1=CNC(=NCCCN2CCCC2=O)NC1=C(C#N)c1cccc(Br)n1. The van der Waals surface area contributed by atoms with E-state index in [1.54, 1.807) is 6.07 Å². The third-order valence-corrected chi connectivity index (χ3v) is 4.87. The first-order valence-corrected chi connectivity index (χ1v) is 9.68. The minimum Gasteiger partial charge on any atom is -0.343 e. The number of guanidine groups is 1. The standard InChI is InChI=1S/C19H21BrN6O/c1-13-12-23-19(22-8-4-10-26-9-3-7-17(26)27)25-18(13)14(11-21)15-5-2-6-16(20)24-15/h2,5-6,12H,3-4,7-10H2,1H3,(H2,22,23,25). The van der Waals surface area contributed by atoms with E-state index in [-0.39, 0.29) is 5.91 Å².